The number of rotatable bonds is 3. The number of sulfonamides is 1. The Labute approximate surface area is 120 Å². The number of methoxy groups -OCH3 is 1. The smallest absolute Gasteiger partial charge is 0.325 e. The molecule has 1 aliphatic heterocycles. The predicted octanol–water partition coefficient (Wildman–Crippen LogP) is -1.36. The van der Waals surface area contributed by atoms with Crippen LogP contribution >= 0.6 is 0 Å². The Bertz CT molecular complexity index is 750. The zero-order chi connectivity index (χ0) is 15.6. The van der Waals surface area contributed by atoms with Crippen LogP contribution in [0.1, 0.15) is 12.8 Å². The van der Waals surface area contributed by atoms with Crippen LogP contribution in [0.15, 0.2) is 20.7 Å². The normalized spacial score (nSPS) is 20.1. The van der Waals surface area contributed by atoms with Crippen LogP contribution in [0.5, 0.6) is 0 Å². The molecule has 1 aromatic heterocycles. The highest BCUT2D eigenvalue weighted by molar-refractivity contribution is 7.89. The van der Waals surface area contributed by atoms with Crippen molar-refractivity contribution in [1.82, 2.24) is 14.3 Å². The average molecular weight is 317 g/mol. The van der Waals surface area contributed by atoms with Gasteiger partial charge in [0.25, 0.3) is 5.56 Å². The van der Waals surface area contributed by atoms with Crippen molar-refractivity contribution in [3.8, 4) is 0 Å². The second kappa shape index (κ2) is 5.82. The van der Waals surface area contributed by atoms with E-state index in [1.165, 1.54) is 7.11 Å². The number of H-pyrrole nitrogens is 2. The molecule has 1 fully saturated rings. The summed E-state index contributed by atoms with van der Waals surface area (Å²) in [7, 11) is -2.83. The van der Waals surface area contributed by atoms with Gasteiger partial charge in [-0.1, -0.05) is 0 Å². The second-order valence-electron chi connectivity index (χ2n) is 4.66. The van der Waals surface area contributed by atoms with Crippen molar-refractivity contribution in [3.63, 3.8) is 0 Å². The van der Waals surface area contributed by atoms with Crippen molar-refractivity contribution in [2.75, 3.05) is 20.2 Å². The zero-order valence-electron chi connectivity index (χ0n) is 11.3. The van der Waals surface area contributed by atoms with E-state index in [1.807, 2.05) is 4.98 Å². The summed E-state index contributed by atoms with van der Waals surface area (Å²) in [4.78, 5) is 37.5. The number of esters is 1. The van der Waals surface area contributed by atoms with Crippen LogP contribution in [-0.2, 0) is 19.6 Å². The summed E-state index contributed by atoms with van der Waals surface area (Å²) in [6.07, 6.45) is 1.87. The van der Waals surface area contributed by atoms with Crippen molar-refractivity contribution in [2.45, 2.75) is 17.7 Å². The van der Waals surface area contributed by atoms with Gasteiger partial charge in [0, 0.05) is 19.3 Å². The molecule has 2 heterocycles. The van der Waals surface area contributed by atoms with E-state index in [9.17, 15) is 22.8 Å². The molecule has 0 saturated carbocycles. The predicted molar refractivity (Wildman–Crippen MR) is 71.2 cm³/mol. The van der Waals surface area contributed by atoms with Gasteiger partial charge in [0.15, 0.2) is 4.90 Å². The number of hydrogen-bond donors (Lipinski definition) is 2. The average Bonchev–Trinajstić information content (AvgIpc) is 2.46. The van der Waals surface area contributed by atoms with Gasteiger partial charge in [-0.25, -0.2) is 13.2 Å². The fraction of sp³-hybridized carbons (Fsp3) is 0.545. The molecule has 1 aliphatic rings. The molecule has 0 amide bonds. The molecule has 116 valence electrons. The topological polar surface area (TPSA) is 129 Å². The van der Waals surface area contributed by atoms with E-state index in [1.54, 1.807) is 0 Å². The van der Waals surface area contributed by atoms with Gasteiger partial charge in [-0.2, -0.15) is 4.31 Å². The lowest BCUT2D eigenvalue weighted by Crippen LogP contribution is -2.44. The van der Waals surface area contributed by atoms with Gasteiger partial charge in [-0.3, -0.25) is 14.6 Å². The van der Waals surface area contributed by atoms with Crippen LogP contribution in [0.2, 0.25) is 0 Å². The van der Waals surface area contributed by atoms with E-state index in [4.69, 9.17) is 0 Å². The van der Waals surface area contributed by atoms with E-state index in [-0.39, 0.29) is 13.1 Å². The number of carbonyl (C=O) groups excluding carboxylic acids is 1. The van der Waals surface area contributed by atoms with Gasteiger partial charge in [-0.15, -0.1) is 0 Å². The summed E-state index contributed by atoms with van der Waals surface area (Å²) in [6, 6.07) is 0. The molecule has 0 aliphatic carbocycles. The summed E-state index contributed by atoms with van der Waals surface area (Å²) in [5.74, 6) is -1.04. The number of ether oxygens (including phenoxy) is 1. The van der Waals surface area contributed by atoms with Crippen molar-refractivity contribution < 1.29 is 17.9 Å². The van der Waals surface area contributed by atoms with E-state index in [0.717, 1.165) is 10.5 Å². The molecular weight excluding hydrogens is 302 g/mol. The highest BCUT2D eigenvalue weighted by Crippen LogP contribution is 2.22. The minimum Gasteiger partial charge on any atom is -0.469 e. The maximum Gasteiger partial charge on any atom is 0.325 e. The lowest BCUT2D eigenvalue weighted by atomic mass is 10.0. The summed E-state index contributed by atoms with van der Waals surface area (Å²) in [6.45, 7) is 0.155. The molecule has 0 bridgehead atoms. The maximum absolute atomic E-state index is 12.4. The van der Waals surface area contributed by atoms with Gasteiger partial charge in [0.2, 0.25) is 10.0 Å². The number of piperidine rings is 1. The maximum atomic E-state index is 12.4. The Morgan fingerprint density at radius 1 is 1.43 bits per heavy atom. The summed E-state index contributed by atoms with van der Waals surface area (Å²) in [5, 5.41) is 0. The number of aromatic amines is 2. The van der Waals surface area contributed by atoms with E-state index >= 15 is 0 Å². The van der Waals surface area contributed by atoms with Crippen LogP contribution in [0.4, 0.5) is 0 Å². The number of nitrogens with one attached hydrogen (secondary N) is 2. The molecule has 1 atom stereocenters. The zero-order valence-corrected chi connectivity index (χ0v) is 12.1. The quantitative estimate of drug-likeness (QED) is 0.662. The van der Waals surface area contributed by atoms with E-state index in [2.05, 4.69) is 9.72 Å². The first-order chi connectivity index (χ1) is 9.86. The monoisotopic (exact) mass is 317 g/mol. The molecule has 21 heavy (non-hydrogen) atoms. The third-order valence-corrected chi connectivity index (χ3v) is 5.19. The molecule has 2 N–H and O–H groups in total. The standard InChI is InChI=1S/C11H15N3O6S/c1-20-10(16)7-3-2-4-14(6-7)21(18,19)8-5-12-11(17)13-9(8)15/h5,7H,2-4,6H2,1H3,(H2,12,13,15,17). The lowest BCUT2D eigenvalue weighted by molar-refractivity contribution is -0.146. The number of hydrogen-bond acceptors (Lipinski definition) is 6. The van der Waals surface area contributed by atoms with Gasteiger partial charge >= 0.3 is 11.7 Å². The number of carbonyl (C=O) groups is 1. The molecular formula is C11H15N3O6S. The highest BCUT2D eigenvalue weighted by atomic mass is 32.2. The molecule has 10 heteroatoms. The van der Waals surface area contributed by atoms with Crippen LogP contribution in [0, 0.1) is 5.92 Å². The van der Waals surface area contributed by atoms with Crippen molar-refractivity contribution in [1.29, 1.82) is 0 Å². The highest BCUT2D eigenvalue weighted by Gasteiger charge is 2.35. The second-order valence-corrected chi connectivity index (χ2v) is 6.57. The van der Waals surface area contributed by atoms with Gasteiger partial charge in [-0.05, 0) is 12.8 Å². The first kappa shape index (κ1) is 15.4. The van der Waals surface area contributed by atoms with Crippen molar-refractivity contribution >= 4 is 16.0 Å². The summed E-state index contributed by atoms with van der Waals surface area (Å²) < 4.78 is 30.5. The Kier molecular flexibility index (Phi) is 4.28. The molecule has 1 unspecified atom stereocenters. The molecule has 0 aromatic carbocycles. The largest absolute Gasteiger partial charge is 0.469 e. The fourth-order valence-corrected chi connectivity index (χ4v) is 3.76. The SMILES string of the molecule is COC(=O)C1CCCN(S(=O)(=O)c2c[nH]c(=O)[nH]c2=O)C1. The third-order valence-electron chi connectivity index (χ3n) is 3.32. The molecule has 9 nitrogen and oxygen atoms in total. The van der Waals surface area contributed by atoms with E-state index in [0.29, 0.717) is 12.8 Å². The molecule has 1 saturated heterocycles. The Morgan fingerprint density at radius 3 is 2.76 bits per heavy atom. The van der Waals surface area contributed by atoms with Crippen LogP contribution in [0.25, 0.3) is 0 Å². The Balaban J connectivity index is 2.33. The Hall–Kier alpha value is -1.94. The first-order valence-electron chi connectivity index (χ1n) is 6.26. The third kappa shape index (κ3) is 3.05. The number of aromatic nitrogens is 2. The molecule has 0 spiro atoms. The minimum absolute atomic E-state index is 0.0480. The van der Waals surface area contributed by atoms with Gasteiger partial charge in [0.05, 0.1) is 13.0 Å². The number of nitrogens with zero attached hydrogens (tertiary/aromatic N) is 1. The molecule has 1 aromatic rings. The van der Waals surface area contributed by atoms with Gasteiger partial charge < -0.3 is 9.72 Å². The summed E-state index contributed by atoms with van der Waals surface area (Å²) in [5.41, 5.74) is -1.77. The van der Waals surface area contributed by atoms with Crippen LogP contribution in [-0.4, -0.2) is 48.9 Å². The van der Waals surface area contributed by atoms with E-state index < -0.39 is 38.1 Å². The molecule has 2 rings (SSSR count). The Morgan fingerprint density at radius 2 is 2.14 bits per heavy atom. The minimum atomic E-state index is -4.07. The first-order valence-corrected chi connectivity index (χ1v) is 7.70. The van der Waals surface area contributed by atoms with Crippen molar-refractivity contribution in [2.24, 2.45) is 5.92 Å². The van der Waals surface area contributed by atoms with Crippen molar-refractivity contribution in [3.05, 3.63) is 27.0 Å². The lowest BCUT2D eigenvalue weighted by Gasteiger charge is -2.30. The summed E-state index contributed by atoms with van der Waals surface area (Å²) >= 11 is 0. The fourth-order valence-electron chi connectivity index (χ4n) is 2.25. The molecule has 0 radical (unpaired) electrons. The van der Waals surface area contributed by atoms with Crippen LogP contribution < -0.4 is 11.2 Å². The van der Waals surface area contributed by atoms with Gasteiger partial charge in [0.1, 0.15) is 0 Å². The van der Waals surface area contributed by atoms with Crippen LogP contribution in [0.3, 0.4) is 0 Å².